The third-order valence-electron chi connectivity index (χ3n) is 4.02. The van der Waals surface area contributed by atoms with Crippen molar-refractivity contribution in [1.29, 1.82) is 0 Å². The first-order valence-corrected chi connectivity index (χ1v) is 9.35. The minimum atomic E-state index is -0.198. The quantitative estimate of drug-likeness (QED) is 0.503. The maximum absolute atomic E-state index is 12.0. The van der Waals surface area contributed by atoms with Crippen molar-refractivity contribution < 1.29 is 4.79 Å². The molecule has 1 aromatic carbocycles. The number of nitrogens with zero attached hydrogens (tertiary/aromatic N) is 6. The fourth-order valence-electron chi connectivity index (χ4n) is 2.84. The zero-order chi connectivity index (χ0) is 19.7. The van der Waals surface area contributed by atoms with Crippen molar-refractivity contribution in [1.82, 2.24) is 29.5 Å². The van der Waals surface area contributed by atoms with E-state index in [1.807, 2.05) is 19.1 Å². The first kappa shape index (κ1) is 18.4. The van der Waals surface area contributed by atoms with Gasteiger partial charge >= 0.3 is 0 Å². The highest BCUT2D eigenvalue weighted by molar-refractivity contribution is 6.30. The highest BCUT2D eigenvalue weighted by Gasteiger charge is 2.17. The summed E-state index contributed by atoms with van der Waals surface area (Å²) in [6, 6.07) is 9.08. The Morgan fingerprint density at radius 1 is 1.21 bits per heavy atom. The molecule has 0 fully saturated rings. The number of rotatable bonds is 5. The molecule has 1 N–H and O–H groups in total. The fraction of sp³-hybridized carbons (Fsp3) is 0.167. The van der Waals surface area contributed by atoms with Gasteiger partial charge in [-0.2, -0.15) is 14.9 Å². The molecule has 0 atom stereocenters. The molecule has 0 aliphatic carbocycles. The number of hydrogen-bond acceptors (Lipinski definition) is 5. The van der Waals surface area contributed by atoms with Crippen molar-refractivity contribution in [3.05, 3.63) is 53.6 Å². The highest BCUT2D eigenvalue weighted by atomic mass is 35.5. The van der Waals surface area contributed by atoms with E-state index in [0.717, 1.165) is 11.4 Å². The first-order valence-electron chi connectivity index (χ1n) is 8.44. The predicted molar refractivity (Wildman–Crippen MR) is 107 cm³/mol. The van der Waals surface area contributed by atoms with Gasteiger partial charge in [0.1, 0.15) is 12.1 Å². The number of carbonyl (C=O) groups excluding carboxylic acids is 1. The van der Waals surface area contributed by atoms with Gasteiger partial charge < -0.3 is 5.32 Å². The number of amides is 1. The van der Waals surface area contributed by atoms with E-state index in [-0.39, 0.29) is 18.2 Å². The molecule has 0 spiro atoms. The van der Waals surface area contributed by atoms with Gasteiger partial charge in [0.25, 0.3) is 0 Å². The van der Waals surface area contributed by atoms with Gasteiger partial charge in [-0.05, 0) is 25.1 Å². The molecule has 3 aromatic heterocycles. The van der Waals surface area contributed by atoms with Crippen molar-refractivity contribution in [3.63, 3.8) is 0 Å². The van der Waals surface area contributed by atoms with E-state index < -0.39 is 0 Å². The molecule has 3 heterocycles. The zero-order valence-electron chi connectivity index (χ0n) is 14.8. The second-order valence-electron chi connectivity index (χ2n) is 6.04. The topological polar surface area (TPSA) is 90.5 Å². The van der Waals surface area contributed by atoms with E-state index in [1.54, 1.807) is 33.8 Å². The Kier molecular flexibility index (Phi) is 4.97. The molecule has 4 aromatic rings. The number of carbonyl (C=O) groups is 1. The van der Waals surface area contributed by atoms with Crippen LogP contribution in [0.25, 0.3) is 22.5 Å². The lowest BCUT2D eigenvalue weighted by Gasteiger charge is -2.09. The van der Waals surface area contributed by atoms with Gasteiger partial charge in [-0.15, -0.1) is 11.6 Å². The number of fused-ring (bicyclic) bond motifs is 1. The van der Waals surface area contributed by atoms with Crippen LogP contribution in [0.5, 0.6) is 0 Å². The molecule has 0 unspecified atom stereocenters. The molecule has 0 aliphatic heterocycles. The van der Waals surface area contributed by atoms with E-state index in [0.29, 0.717) is 27.7 Å². The summed E-state index contributed by atoms with van der Waals surface area (Å²) in [6.07, 6.45) is 3.30. The molecule has 4 rings (SSSR count). The first-order chi connectivity index (χ1) is 13.6. The Morgan fingerprint density at radius 3 is 2.86 bits per heavy atom. The number of anilines is 1. The Bertz CT molecular complexity index is 1170. The van der Waals surface area contributed by atoms with Crippen molar-refractivity contribution in [2.24, 2.45) is 0 Å². The minimum Gasteiger partial charge on any atom is -0.310 e. The zero-order valence-corrected chi connectivity index (χ0v) is 16.3. The summed E-state index contributed by atoms with van der Waals surface area (Å²) < 4.78 is 3.24. The van der Waals surface area contributed by atoms with E-state index in [2.05, 4.69) is 25.5 Å². The van der Waals surface area contributed by atoms with Crippen LogP contribution in [0.15, 0.2) is 42.9 Å². The fourth-order valence-corrected chi connectivity index (χ4v) is 3.19. The second kappa shape index (κ2) is 7.57. The molecule has 1 amide bonds. The lowest BCUT2D eigenvalue weighted by Crippen LogP contribution is -2.15. The minimum absolute atomic E-state index is 0.198. The Balaban J connectivity index is 1.82. The van der Waals surface area contributed by atoms with Crippen LogP contribution in [0.3, 0.4) is 0 Å². The van der Waals surface area contributed by atoms with Gasteiger partial charge in [-0.3, -0.25) is 4.79 Å². The van der Waals surface area contributed by atoms with E-state index in [1.165, 1.54) is 6.33 Å². The number of aryl methyl sites for hydroxylation is 1. The van der Waals surface area contributed by atoms with E-state index in [9.17, 15) is 4.79 Å². The lowest BCUT2D eigenvalue weighted by atomic mass is 10.3. The van der Waals surface area contributed by atoms with Crippen LogP contribution in [0.4, 0.5) is 5.82 Å². The highest BCUT2D eigenvalue weighted by Crippen LogP contribution is 2.25. The molecule has 142 valence electrons. The summed E-state index contributed by atoms with van der Waals surface area (Å²) in [5, 5.41) is 13.0. The summed E-state index contributed by atoms with van der Waals surface area (Å²) in [4.78, 5) is 20.7. The predicted octanol–water partition coefficient (Wildman–Crippen LogP) is 3.53. The van der Waals surface area contributed by atoms with Crippen molar-refractivity contribution >= 4 is 46.0 Å². The van der Waals surface area contributed by atoms with E-state index >= 15 is 0 Å². The SMILES string of the molecule is Cc1cc(NC(=O)CCCl)n(-c2ncnc3c2cnn3-c2cccc(Cl)c2)n1. The van der Waals surface area contributed by atoms with Crippen LogP contribution >= 0.6 is 23.2 Å². The third-order valence-corrected chi connectivity index (χ3v) is 4.44. The number of halogens is 2. The molecule has 0 bridgehead atoms. The summed E-state index contributed by atoms with van der Waals surface area (Å²) >= 11 is 11.8. The number of benzene rings is 1. The van der Waals surface area contributed by atoms with Crippen LogP contribution in [-0.2, 0) is 4.79 Å². The number of aromatic nitrogens is 6. The van der Waals surface area contributed by atoms with Crippen LogP contribution in [-0.4, -0.2) is 41.3 Å². The van der Waals surface area contributed by atoms with Gasteiger partial charge in [0.2, 0.25) is 5.91 Å². The lowest BCUT2D eigenvalue weighted by molar-refractivity contribution is -0.115. The van der Waals surface area contributed by atoms with Gasteiger partial charge in [-0.25, -0.2) is 14.6 Å². The Morgan fingerprint density at radius 2 is 2.07 bits per heavy atom. The smallest absolute Gasteiger partial charge is 0.226 e. The van der Waals surface area contributed by atoms with E-state index in [4.69, 9.17) is 23.2 Å². The molecular weight excluding hydrogens is 401 g/mol. The molecular formula is C18H15Cl2N7O. The average Bonchev–Trinajstić information content (AvgIpc) is 3.25. The summed E-state index contributed by atoms with van der Waals surface area (Å²) in [5.74, 6) is 1.05. The summed E-state index contributed by atoms with van der Waals surface area (Å²) in [7, 11) is 0. The van der Waals surface area contributed by atoms with Gasteiger partial charge in [0, 0.05) is 23.4 Å². The normalized spacial score (nSPS) is 11.1. The van der Waals surface area contributed by atoms with Crippen molar-refractivity contribution in [3.8, 4) is 11.5 Å². The summed E-state index contributed by atoms with van der Waals surface area (Å²) in [6.45, 7) is 1.83. The molecule has 28 heavy (non-hydrogen) atoms. The van der Waals surface area contributed by atoms with Crippen molar-refractivity contribution in [2.75, 3.05) is 11.2 Å². The third kappa shape index (κ3) is 3.44. The van der Waals surface area contributed by atoms with Gasteiger partial charge in [0.05, 0.1) is 23.0 Å². The molecule has 0 radical (unpaired) electrons. The maximum Gasteiger partial charge on any atom is 0.226 e. The second-order valence-corrected chi connectivity index (χ2v) is 6.86. The van der Waals surface area contributed by atoms with Crippen LogP contribution in [0.2, 0.25) is 5.02 Å². The van der Waals surface area contributed by atoms with Crippen LogP contribution in [0.1, 0.15) is 12.1 Å². The summed E-state index contributed by atoms with van der Waals surface area (Å²) in [5.41, 5.74) is 2.10. The van der Waals surface area contributed by atoms with Gasteiger partial charge in [0.15, 0.2) is 11.5 Å². The van der Waals surface area contributed by atoms with Gasteiger partial charge in [-0.1, -0.05) is 17.7 Å². The largest absolute Gasteiger partial charge is 0.310 e. The number of hydrogen-bond donors (Lipinski definition) is 1. The molecule has 8 nitrogen and oxygen atoms in total. The maximum atomic E-state index is 12.0. The average molecular weight is 416 g/mol. The monoisotopic (exact) mass is 415 g/mol. The molecule has 10 heteroatoms. The van der Waals surface area contributed by atoms with Crippen LogP contribution < -0.4 is 5.32 Å². The number of nitrogens with one attached hydrogen (secondary N) is 1. The molecule has 0 saturated carbocycles. The number of alkyl halides is 1. The van der Waals surface area contributed by atoms with Crippen LogP contribution in [0, 0.1) is 6.92 Å². The Labute approximate surface area is 170 Å². The molecule has 0 saturated heterocycles. The molecule has 0 aliphatic rings. The Hall–Kier alpha value is -2.97. The van der Waals surface area contributed by atoms with Crippen molar-refractivity contribution in [2.45, 2.75) is 13.3 Å². The standard InChI is InChI=1S/C18H15Cl2N7O/c1-11-7-15(24-16(28)5-6-19)27(25-11)18-14-9-23-26(17(14)21-10-22-18)13-4-2-3-12(20)8-13/h2-4,7-10H,5-6H2,1H3,(H,24,28).